The van der Waals surface area contributed by atoms with Crippen molar-refractivity contribution in [1.29, 1.82) is 0 Å². The van der Waals surface area contributed by atoms with Crippen LogP contribution >= 0.6 is 0 Å². The number of ether oxygens (including phenoxy) is 3. The third-order valence-corrected chi connectivity index (χ3v) is 4.49. The first-order valence-corrected chi connectivity index (χ1v) is 8.22. The van der Waals surface area contributed by atoms with Crippen molar-refractivity contribution in [2.75, 3.05) is 13.7 Å². The molecule has 1 aromatic carbocycles. The van der Waals surface area contributed by atoms with Crippen LogP contribution < -0.4 is 0 Å². The Hall–Kier alpha value is -1.92. The molecule has 130 valence electrons. The lowest BCUT2D eigenvalue weighted by atomic mass is 10.0. The average molecular weight is 333 g/mol. The summed E-state index contributed by atoms with van der Waals surface area (Å²) in [5.74, 6) is -1.81. The summed E-state index contributed by atoms with van der Waals surface area (Å²) in [7, 11) is 1.28. The third kappa shape index (κ3) is 3.16. The monoisotopic (exact) mass is 333 g/mol. The van der Waals surface area contributed by atoms with E-state index in [2.05, 4.69) is 0 Å². The lowest BCUT2D eigenvalue weighted by Gasteiger charge is -2.28. The van der Waals surface area contributed by atoms with E-state index in [-0.39, 0.29) is 11.9 Å². The summed E-state index contributed by atoms with van der Waals surface area (Å²) in [6, 6.07) is 9.92. The molecule has 0 N–H and O–H groups in total. The molecule has 0 spiro atoms. The quantitative estimate of drug-likeness (QED) is 0.792. The van der Waals surface area contributed by atoms with Gasteiger partial charge in [-0.3, -0.25) is 4.79 Å². The topological polar surface area (TPSA) is 65.1 Å². The second kappa shape index (κ2) is 6.53. The second-order valence-corrected chi connectivity index (χ2v) is 6.60. The van der Waals surface area contributed by atoms with Gasteiger partial charge in [0, 0.05) is 6.54 Å². The molecule has 0 bridgehead atoms. The number of amides is 1. The molecule has 6 heteroatoms. The summed E-state index contributed by atoms with van der Waals surface area (Å²) in [4.78, 5) is 26.8. The molecule has 0 unspecified atom stereocenters. The number of likely N-dealkylation sites (tertiary alicyclic amines) is 1. The molecular weight excluding hydrogens is 310 g/mol. The number of rotatable bonds is 3. The van der Waals surface area contributed by atoms with Crippen LogP contribution in [0, 0.1) is 0 Å². The molecule has 3 rings (SSSR count). The first kappa shape index (κ1) is 16.9. The molecule has 2 fully saturated rings. The van der Waals surface area contributed by atoms with E-state index in [0.717, 1.165) is 18.4 Å². The van der Waals surface area contributed by atoms with Crippen molar-refractivity contribution in [2.45, 2.75) is 50.7 Å². The van der Waals surface area contributed by atoms with Crippen LogP contribution in [0.25, 0.3) is 0 Å². The van der Waals surface area contributed by atoms with Gasteiger partial charge in [-0.05, 0) is 32.3 Å². The van der Waals surface area contributed by atoms with Gasteiger partial charge >= 0.3 is 5.97 Å². The predicted octanol–water partition coefficient (Wildman–Crippen LogP) is 2.04. The lowest BCUT2D eigenvalue weighted by molar-refractivity contribution is -0.169. The molecule has 1 amide bonds. The van der Waals surface area contributed by atoms with Gasteiger partial charge in [-0.25, -0.2) is 4.79 Å². The fourth-order valence-electron chi connectivity index (χ4n) is 3.45. The van der Waals surface area contributed by atoms with Crippen LogP contribution in [-0.4, -0.2) is 48.4 Å². The zero-order valence-corrected chi connectivity index (χ0v) is 14.2. The van der Waals surface area contributed by atoms with Crippen LogP contribution in [0.4, 0.5) is 0 Å². The molecule has 24 heavy (non-hydrogen) atoms. The zero-order chi connectivity index (χ0) is 17.3. The van der Waals surface area contributed by atoms with E-state index in [4.69, 9.17) is 14.2 Å². The van der Waals surface area contributed by atoms with Gasteiger partial charge in [-0.15, -0.1) is 0 Å². The highest BCUT2D eigenvalue weighted by atomic mass is 16.8. The fraction of sp³-hybridized carbons (Fsp3) is 0.556. The molecule has 2 saturated heterocycles. The minimum atomic E-state index is -1.03. The summed E-state index contributed by atoms with van der Waals surface area (Å²) < 4.78 is 16.1. The lowest BCUT2D eigenvalue weighted by Crippen LogP contribution is -2.46. The zero-order valence-electron chi connectivity index (χ0n) is 14.2. The Morgan fingerprint density at radius 3 is 2.50 bits per heavy atom. The smallest absolute Gasteiger partial charge is 0.338 e. The minimum absolute atomic E-state index is 0.00399. The molecule has 0 saturated carbocycles. The first-order valence-electron chi connectivity index (χ1n) is 8.22. The van der Waals surface area contributed by atoms with Gasteiger partial charge in [0.15, 0.2) is 18.0 Å². The molecule has 0 aliphatic carbocycles. The number of hydrogen-bond acceptors (Lipinski definition) is 5. The van der Waals surface area contributed by atoms with E-state index in [1.165, 1.54) is 7.11 Å². The Bertz CT molecular complexity index is 615. The van der Waals surface area contributed by atoms with Gasteiger partial charge in [0.25, 0.3) is 5.91 Å². The summed E-state index contributed by atoms with van der Waals surface area (Å²) >= 11 is 0. The maximum absolute atomic E-state index is 13.1. The number of nitrogens with zero attached hydrogens (tertiary/aromatic N) is 1. The van der Waals surface area contributed by atoms with E-state index < -0.39 is 24.0 Å². The van der Waals surface area contributed by atoms with Gasteiger partial charge in [0.05, 0.1) is 13.2 Å². The Morgan fingerprint density at radius 1 is 1.17 bits per heavy atom. The molecule has 0 radical (unpaired) electrons. The Kier molecular flexibility index (Phi) is 4.60. The number of benzene rings is 1. The molecule has 2 aliphatic heterocycles. The Balaban J connectivity index is 1.83. The molecule has 2 heterocycles. The molecule has 2 aliphatic rings. The second-order valence-electron chi connectivity index (χ2n) is 6.60. The molecular formula is C18H23NO5. The van der Waals surface area contributed by atoms with Gasteiger partial charge < -0.3 is 19.1 Å². The highest BCUT2D eigenvalue weighted by Gasteiger charge is 2.51. The van der Waals surface area contributed by atoms with Crippen LogP contribution in [0.2, 0.25) is 0 Å². The van der Waals surface area contributed by atoms with Crippen LogP contribution in [0.5, 0.6) is 0 Å². The molecule has 6 nitrogen and oxygen atoms in total. The van der Waals surface area contributed by atoms with Gasteiger partial charge in [-0.2, -0.15) is 0 Å². The highest BCUT2D eigenvalue weighted by Crippen LogP contribution is 2.36. The van der Waals surface area contributed by atoms with Crippen molar-refractivity contribution in [1.82, 2.24) is 4.90 Å². The Labute approximate surface area is 141 Å². The SMILES string of the molecule is COC(=O)[C@@H]1OC(C)(C)O[C@H]1C(=O)N1CCC[C@H]1c1ccccc1. The van der Waals surface area contributed by atoms with E-state index >= 15 is 0 Å². The minimum Gasteiger partial charge on any atom is -0.467 e. The van der Waals surface area contributed by atoms with Gasteiger partial charge in [0.1, 0.15) is 0 Å². The fourth-order valence-corrected chi connectivity index (χ4v) is 3.45. The number of methoxy groups -OCH3 is 1. The van der Waals surface area contributed by atoms with E-state index in [9.17, 15) is 9.59 Å². The average Bonchev–Trinajstić information content (AvgIpc) is 3.18. The van der Waals surface area contributed by atoms with E-state index in [1.807, 2.05) is 30.3 Å². The molecule has 3 atom stereocenters. The van der Waals surface area contributed by atoms with Gasteiger partial charge in [0.2, 0.25) is 0 Å². The van der Waals surface area contributed by atoms with Crippen LogP contribution in [0.1, 0.15) is 38.3 Å². The predicted molar refractivity (Wildman–Crippen MR) is 86.0 cm³/mol. The standard InChI is InChI=1S/C18H23NO5/c1-18(2)23-14(15(24-18)17(21)22-3)16(20)19-11-7-10-13(19)12-8-5-4-6-9-12/h4-6,8-9,13-15H,7,10-11H2,1-3H3/t13-,14+,15+/m0/s1. The van der Waals surface area contributed by atoms with E-state index in [1.54, 1.807) is 18.7 Å². The summed E-state index contributed by atoms with van der Waals surface area (Å²) in [5.41, 5.74) is 1.09. The maximum atomic E-state index is 13.1. The number of carbonyl (C=O) groups excluding carboxylic acids is 2. The normalized spacial score (nSPS) is 28.8. The van der Waals surface area contributed by atoms with Crippen molar-refractivity contribution in [2.24, 2.45) is 0 Å². The van der Waals surface area contributed by atoms with Crippen molar-refractivity contribution in [3.63, 3.8) is 0 Å². The van der Waals surface area contributed by atoms with Crippen molar-refractivity contribution in [3.8, 4) is 0 Å². The van der Waals surface area contributed by atoms with Gasteiger partial charge in [-0.1, -0.05) is 30.3 Å². The highest BCUT2D eigenvalue weighted by molar-refractivity contribution is 5.89. The maximum Gasteiger partial charge on any atom is 0.338 e. The largest absolute Gasteiger partial charge is 0.467 e. The van der Waals surface area contributed by atoms with Crippen LogP contribution in [0.15, 0.2) is 30.3 Å². The number of carbonyl (C=O) groups is 2. The molecule has 0 aromatic heterocycles. The van der Waals surface area contributed by atoms with Crippen LogP contribution in [-0.2, 0) is 23.8 Å². The Morgan fingerprint density at radius 2 is 1.83 bits per heavy atom. The van der Waals surface area contributed by atoms with Crippen molar-refractivity contribution >= 4 is 11.9 Å². The summed E-state index contributed by atoms with van der Waals surface area (Å²) in [6.07, 6.45) is -0.188. The summed E-state index contributed by atoms with van der Waals surface area (Å²) in [6.45, 7) is 4.02. The molecule has 1 aromatic rings. The van der Waals surface area contributed by atoms with Crippen molar-refractivity contribution in [3.05, 3.63) is 35.9 Å². The third-order valence-electron chi connectivity index (χ3n) is 4.49. The number of esters is 1. The first-order chi connectivity index (χ1) is 11.4. The van der Waals surface area contributed by atoms with E-state index in [0.29, 0.717) is 6.54 Å². The van der Waals surface area contributed by atoms with Crippen LogP contribution in [0.3, 0.4) is 0 Å². The number of hydrogen-bond donors (Lipinski definition) is 0. The summed E-state index contributed by atoms with van der Waals surface area (Å²) in [5, 5.41) is 0. The van der Waals surface area contributed by atoms with Crippen molar-refractivity contribution < 1.29 is 23.8 Å².